The number of amides is 1. The van der Waals surface area contributed by atoms with Crippen molar-refractivity contribution in [3.63, 3.8) is 0 Å². The Morgan fingerprint density at radius 1 is 1.11 bits per heavy atom. The van der Waals surface area contributed by atoms with Crippen LogP contribution in [0.25, 0.3) is 0 Å². The van der Waals surface area contributed by atoms with Gasteiger partial charge in [0.15, 0.2) is 0 Å². The molecule has 0 unspecified atom stereocenters. The summed E-state index contributed by atoms with van der Waals surface area (Å²) in [6.07, 6.45) is -4.67. The van der Waals surface area contributed by atoms with Crippen molar-refractivity contribution in [3.8, 4) is 0 Å². The molecule has 0 aromatic carbocycles. The van der Waals surface area contributed by atoms with E-state index in [1.165, 1.54) is 5.32 Å². The Balaban J connectivity index is 2.71. The number of aliphatic carboxylic acids is 1. The van der Waals surface area contributed by atoms with E-state index in [-0.39, 0.29) is 12.8 Å². The summed E-state index contributed by atoms with van der Waals surface area (Å²) < 4.78 is 61.0. The Morgan fingerprint density at radius 2 is 1.58 bits per heavy atom. The van der Waals surface area contributed by atoms with Gasteiger partial charge in [0.25, 0.3) is 5.91 Å². The monoisotopic (exact) mass is 289 g/mol. The van der Waals surface area contributed by atoms with Gasteiger partial charge in [0.2, 0.25) is 0 Å². The fraction of sp³-hybridized carbons (Fsp3) is 0.800. The minimum Gasteiger partial charge on any atom is -0.481 e. The molecule has 19 heavy (non-hydrogen) atoms. The van der Waals surface area contributed by atoms with E-state index in [4.69, 9.17) is 5.11 Å². The molecule has 0 saturated heterocycles. The van der Waals surface area contributed by atoms with E-state index >= 15 is 0 Å². The third-order valence-electron chi connectivity index (χ3n) is 3.24. The van der Waals surface area contributed by atoms with Crippen LogP contribution >= 0.6 is 0 Å². The maximum Gasteiger partial charge on any atom is 0.463 e. The summed E-state index contributed by atoms with van der Waals surface area (Å²) in [5.74, 6) is -9.35. The highest BCUT2D eigenvalue weighted by Gasteiger charge is 2.63. The summed E-state index contributed by atoms with van der Waals surface area (Å²) in [5, 5.41) is 10.4. The number of carboxylic acids is 1. The zero-order valence-electron chi connectivity index (χ0n) is 9.69. The SMILES string of the molecule is O=C(O)C1(CNC(=O)C(F)(F)C(F)(F)F)CCCC1. The molecule has 110 valence electrons. The van der Waals surface area contributed by atoms with Crippen LogP contribution in [0.4, 0.5) is 22.0 Å². The molecule has 0 aromatic rings. The van der Waals surface area contributed by atoms with Crippen molar-refractivity contribution in [2.24, 2.45) is 5.41 Å². The molecule has 9 heteroatoms. The fourth-order valence-electron chi connectivity index (χ4n) is 2.01. The number of carbonyl (C=O) groups is 2. The second-order valence-electron chi connectivity index (χ2n) is 4.55. The fourth-order valence-corrected chi connectivity index (χ4v) is 2.01. The zero-order chi connectivity index (χ0) is 14.9. The first-order valence-electron chi connectivity index (χ1n) is 5.49. The van der Waals surface area contributed by atoms with Crippen LogP contribution in [0.1, 0.15) is 25.7 Å². The van der Waals surface area contributed by atoms with Crippen LogP contribution in [0, 0.1) is 5.41 Å². The molecule has 0 atom stereocenters. The molecule has 0 aliphatic heterocycles. The van der Waals surface area contributed by atoms with Gasteiger partial charge < -0.3 is 10.4 Å². The van der Waals surface area contributed by atoms with Crippen molar-refractivity contribution < 1.29 is 36.6 Å². The Hall–Kier alpha value is -1.41. The van der Waals surface area contributed by atoms with E-state index in [1.807, 2.05) is 0 Å². The summed E-state index contributed by atoms with van der Waals surface area (Å²) in [7, 11) is 0. The smallest absolute Gasteiger partial charge is 0.463 e. The number of hydrogen-bond acceptors (Lipinski definition) is 2. The van der Waals surface area contributed by atoms with Crippen LogP contribution in [0.5, 0.6) is 0 Å². The van der Waals surface area contributed by atoms with Gasteiger partial charge in [-0.15, -0.1) is 0 Å². The number of halogens is 5. The summed E-state index contributed by atoms with van der Waals surface area (Å²) in [5.41, 5.74) is -1.45. The normalized spacial score (nSPS) is 19.2. The average Bonchev–Trinajstić information content (AvgIpc) is 2.74. The number of alkyl halides is 5. The Bertz CT molecular complexity index is 374. The van der Waals surface area contributed by atoms with E-state index in [2.05, 4.69) is 0 Å². The Labute approximate surface area is 105 Å². The van der Waals surface area contributed by atoms with Crippen molar-refractivity contribution >= 4 is 11.9 Å². The molecule has 0 heterocycles. The molecule has 1 fully saturated rings. The first-order chi connectivity index (χ1) is 8.53. The molecule has 1 aliphatic rings. The van der Waals surface area contributed by atoms with Crippen molar-refractivity contribution in [3.05, 3.63) is 0 Å². The lowest BCUT2D eigenvalue weighted by atomic mass is 9.86. The Morgan fingerprint density at radius 3 is 1.95 bits per heavy atom. The number of carbonyl (C=O) groups excluding carboxylic acids is 1. The quantitative estimate of drug-likeness (QED) is 0.777. The van der Waals surface area contributed by atoms with Crippen LogP contribution in [0.2, 0.25) is 0 Å². The molecule has 1 amide bonds. The third kappa shape index (κ3) is 2.95. The van der Waals surface area contributed by atoms with Gasteiger partial charge in [0.1, 0.15) is 0 Å². The molecular weight excluding hydrogens is 277 g/mol. The number of hydrogen-bond donors (Lipinski definition) is 2. The van der Waals surface area contributed by atoms with Crippen LogP contribution in [0.15, 0.2) is 0 Å². The highest BCUT2D eigenvalue weighted by molar-refractivity contribution is 5.85. The number of rotatable bonds is 4. The first kappa shape index (κ1) is 15.6. The molecule has 1 rings (SSSR count). The second kappa shape index (κ2) is 4.93. The van der Waals surface area contributed by atoms with Gasteiger partial charge in [0, 0.05) is 6.54 Å². The lowest BCUT2D eigenvalue weighted by molar-refractivity contribution is -0.269. The van der Waals surface area contributed by atoms with E-state index in [0.29, 0.717) is 12.8 Å². The van der Waals surface area contributed by atoms with Gasteiger partial charge in [-0.2, -0.15) is 22.0 Å². The number of nitrogens with one attached hydrogen (secondary N) is 1. The first-order valence-corrected chi connectivity index (χ1v) is 5.49. The minimum absolute atomic E-state index is 0.139. The topological polar surface area (TPSA) is 66.4 Å². The van der Waals surface area contributed by atoms with Gasteiger partial charge in [0.05, 0.1) is 5.41 Å². The van der Waals surface area contributed by atoms with Crippen molar-refractivity contribution in [1.29, 1.82) is 0 Å². The number of carboxylic acid groups (broad SMARTS) is 1. The van der Waals surface area contributed by atoms with Crippen molar-refractivity contribution in [1.82, 2.24) is 5.32 Å². The highest BCUT2D eigenvalue weighted by Crippen LogP contribution is 2.39. The predicted molar refractivity (Wildman–Crippen MR) is 52.5 cm³/mol. The predicted octanol–water partition coefficient (Wildman–Crippen LogP) is 1.95. The molecule has 0 aromatic heterocycles. The second-order valence-corrected chi connectivity index (χ2v) is 4.55. The zero-order valence-corrected chi connectivity index (χ0v) is 9.69. The Kier molecular flexibility index (Phi) is 4.06. The summed E-state index contributed by atoms with van der Waals surface area (Å²) >= 11 is 0. The van der Waals surface area contributed by atoms with E-state index in [1.54, 1.807) is 0 Å². The summed E-state index contributed by atoms with van der Waals surface area (Å²) in [6.45, 7) is -0.729. The molecular formula is C10H12F5NO3. The van der Waals surface area contributed by atoms with Crippen LogP contribution < -0.4 is 5.32 Å². The van der Waals surface area contributed by atoms with Gasteiger partial charge in [-0.3, -0.25) is 9.59 Å². The lowest BCUT2D eigenvalue weighted by Gasteiger charge is -2.26. The van der Waals surface area contributed by atoms with Crippen molar-refractivity contribution in [2.45, 2.75) is 37.8 Å². The average molecular weight is 289 g/mol. The maximum absolute atomic E-state index is 12.6. The van der Waals surface area contributed by atoms with Crippen molar-refractivity contribution in [2.75, 3.05) is 6.54 Å². The van der Waals surface area contributed by atoms with Gasteiger partial charge in [-0.1, -0.05) is 12.8 Å². The summed E-state index contributed by atoms with van der Waals surface area (Å²) in [4.78, 5) is 21.9. The minimum atomic E-state index is -6.00. The largest absolute Gasteiger partial charge is 0.481 e. The van der Waals surface area contributed by atoms with Gasteiger partial charge in [-0.25, -0.2) is 0 Å². The molecule has 0 radical (unpaired) electrons. The molecule has 2 N–H and O–H groups in total. The van der Waals surface area contributed by atoms with E-state index in [0.717, 1.165) is 0 Å². The van der Waals surface area contributed by atoms with Gasteiger partial charge >= 0.3 is 18.1 Å². The maximum atomic E-state index is 12.6. The highest BCUT2D eigenvalue weighted by atomic mass is 19.4. The lowest BCUT2D eigenvalue weighted by Crippen LogP contribution is -2.53. The molecule has 0 bridgehead atoms. The van der Waals surface area contributed by atoms with Gasteiger partial charge in [-0.05, 0) is 12.8 Å². The van der Waals surface area contributed by atoms with Crippen LogP contribution in [-0.2, 0) is 9.59 Å². The summed E-state index contributed by atoms with van der Waals surface area (Å²) in [6, 6.07) is 0. The van der Waals surface area contributed by atoms with Crippen LogP contribution in [-0.4, -0.2) is 35.6 Å². The molecule has 1 saturated carbocycles. The third-order valence-corrected chi connectivity index (χ3v) is 3.24. The van der Waals surface area contributed by atoms with E-state index < -0.39 is 35.9 Å². The van der Waals surface area contributed by atoms with Crippen LogP contribution in [0.3, 0.4) is 0 Å². The molecule has 4 nitrogen and oxygen atoms in total. The molecule has 0 spiro atoms. The van der Waals surface area contributed by atoms with E-state index in [9.17, 15) is 31.5 Å². The standard InChI is InChI=1S/C10H12F5NO3/c11-9(12,10(13,14)15)6(17)16-5-8(7(18)19)3-1-2-4-8/h1-5H2,(H,16,17)(H,18,19). The molecule has 1 aliphatic carbocycles.